The van der Waals surface area contributed by atoms with E-state index >= 15 is 0 Å². The third kappa shape index (κ3) is 5.14. The van der Waals surface area contributed by atoms with Crippen LogP contribution < -0.4 is 5.32 Å². The highest BCUT2D eigenvalue weighted by molar-refractivity contribution is 5.94. The van der Waals surface area contributed by atoms with Crippen LogP contribution in [-0.2, 0) is 13.1 Å². The Kier molecular flexibility index (Phi) is 6.15. The van der Waals surface area contributed by atoms with Crippen molar-refractivity contribution in [3.63, 3.8) is 0 Å². The zero-order chi connectivity index (χ0) is 19.1. The molecule has 0 aliphatic rings. The molecule has 2 aromatic heterocycles. The van der Waals surface area contributed by atoms with Gasteiger partial charge in [0.05, 0.1) is 11.3 Å². The van der Waals surface area contributed by atoms with Crippen LogP contribution in [-0.4, -0.2) is 26.8 Å². The molecule has 0 atom stereocenters. The highest BCUT2D eigenvalue weighted by atomic mass is 16.2. The summed E-state index contributed by atoms with van der Waals surface area (Å²) in [7, 11) is 0. The summed E-state index contributed by atoms with van der Waals surface area (Å²) in [5.74, 6) is -0.0219. The van der Waals surface area contributed by atoms with Gasteiger partial charge in [0.15, 0.2) is 0 Å². The summed E-state index contributed by atoms with van der Waals surface area (Å²) in [6.45, 7) is 5.26. The zero-order valence-corrected chi connectivity index (χ0v) is 15.7. The van der Waals surface area contributed by atoms with Gasteiger partial charge in [-0.2, -0.15) is 0 Å². The van der Waals surface area contributed by atoms with Crippen molar-refractivity contribution in [2.24, 2.45) is 0 Å². The lowest BCUT2D eigenvalue weighted by Crippen LogP contribution is -2.36. The van der Waals surface area contributed by atoms with E-state index in [0.717, 1.165) is 16.8 Å². The lowest BCUT2D eigenvalue weighted by atomic mass is 10.1. The number of carbonyl (C=O) groups is 1. The number of pyridine rings is 2. The van der Waals surface area contributed by atoms with Gasteiger partial charge in [0.1, 0.15) is 0 Å². The molecular formula is C22H24N4O. The predicted molar refractivity (Wildman–Crippen MR) is 107 cm³/mol. The summed E-state index contributed by atoms with van der Waals surface area (Å²) in [4.78, 5) is 23.3. The van der Waals surface area contributed by atoms with E-state index in [1.165, 1.54) is 0 Å². The first kappa shape index (κ1) is 18.6. The van der Waals surface area contributed by atoms with Crippen molar-refractivity contribution in [2.75, 3.05) is 5.32 Å². The van der Waals surface area contributed by atoms with Gasteiger partial charge in [-0.15, -0.1) is 0 Å². The smallest absolute Gasteiger partial charge is 0.256 e. The first-order chi connectivity index (χ1) is 13.1. The molecule has 1 aromatic carbocycles. The molecular weight excluding hydrogens is 336 g/mol. The standard InChI is InChI=1S/C22H24N4O/c1-17(2)26(16-18-7-4-3-5-8-18)22(27)20-11-21(15-24-14-20)25-13-19-9-6-10-23-12-19/h3-12,14-15,17,25H,13,16H2,1-2H3. The second-order valence-corrected chi connectivity index (χ2v) is 6.69. The van der Waals surface area contributed by atoms with Crippen LogP contribution in [0.1, 0.15) is 35.3 Å². The summed E-state index contributed by atoms with van der Waals surface area (Å²) in [5.41, 5.74) is 3.57. The van der Waals surface area contributed by atoms with Crippen LogP contribution in [0.3, 0.4) is 0 Å². The molecule has 0 saturated carbocycles. The number of amides is 1. The Morgan fingerprint density at radius 2 is 1.78 bits per heavy atom. The molecule has 0 bridgehead atoms. The van der Waals surface area contributed by atoms with Gasteiger partial charge in [0.2, 0.25) is 0 Å². The average Bonchev–Trinajstić information content (AvgIpc) is 2.71. The number of benzene rings is 1. The second kappa shape index (κ2) is 8.94. The van der Waals surface area contributed by atoms with Gasteiger partial charge in [-0.1, -0.05) is 36.4 Å². The molecule has 0 aliphatic heterocycles. The Balaban J connectivity index is 1.72. The van der Waals surface area contributed by atoms with E-state index in [1.54, 1.807) is 18.6 Å². The van der Waals surface area contributed by atoms with Crippen LogP contribution in [0.25, 0.3) is 0 Å². The van der Waals surface area contributed by atoms with E-state index in [-0.39, 0.29) is 11.9 Å². The SMILES string of the molecule is CC(C)N(Cc1ccccc1)C(=O)c1cncc(NCc2cccnc2)c1. The summed E-state index contributed by atoms with van der Waals surface area (Å²) >= 11 is 0. The van der Waals surface area contributed by atoms with E-state index < -0.39 is 0 Å². The molecule has 27 heavy (non-hydrogen) atoms. The highest BCUT2D eigenvalue weighted by Gasteiger charge is 2.19. The molecule has 1 amide bonds. The fourth-order valence-electron chi connectivity index (χ4n) is 2.80. The van der Waals surface area contributed by atoms with Crippen LogP contribution >= 0.6 is 0 Å². The number of rotatable bonds is 7. The molecule has 1 N–H and O–H groups in total. The fraction of sp³-hybridized carbons (Fsp3) is 0.227. The molecule has 0 spiro atoms. The lowest BCUT2D eigenvalue weighted by molar-refractivity contribution is 0.0690. The molecule has 0 radical (unpaired) electrons. The van der Waals surface area contributed by atoms with Gasteiger partial charge in [0, 0.05) is 43.9 Å². The maximum Gasteiger partial charge on any atom is 0.256 e. The number of hydrogen-bond donors (Lipinski definition) is 1. The second-order valence-electron chi connectivity index (χ2n) is 6.69. The van der Waals surface area contributed by atoms with Gasteiger partial charge in [-0.3, -0.25) is 14.8 Å². The third-order valence-electron chi connectivity index (χ3n) is 4.28. The van der Waals surface area contributed by atoms with Gasteiger partial charge < -0.3 is 10.2 Å². The van der Waals surface area contributed by atoms with Gasteiger partial charge in [-0.05, 0) is 37.1 Å². The van der Waals surface area contributed by atoms with Gasteiger partial charge >= 0.3 is 0 Å². The van der Waals surface area contributed by atoms with Crippen molar-refractivity contribution < 1.29 is 4.79 Å². The highest BCUT2D eigenvalue weighted by Crippen LogP contribution is 2.16. The summed E-state index contributed by atoms with van der Waals surface area (Å²) in [6.07, 6.45) is 6.91. The van der Waals surface area contributed by atoms with Crippen molar-refractivity contribution in [1.82, 2.24) is 14.9 Å². The average molecular weight is 360 g/mol. The number of nitrogens with zero attached hydrogens (tertiary/aromatic N) is 3. The predicted octanol–water partition coefficient (Wildman–Crippen LogP) is 4.14. The number of nitrogens with one attached hydrogen (secondary N) is 1. The van der Waals surface area contributed by atoms with Gasteiger partial charge in [-0.25, -0.2) is 0 Å². The van der Waals surface area contributed by atoms with Crippen molar-refractivity contribution >= 4 is 11.6 Å². The normalized spacial score (nSPS) is 10.6. The van der Waals surface area contributed by atoms with E-state index in [0.29, 0.717) is 18.7 Å². The van der Waals surface area contributed by atoms with Crippen molar-refractivity contribution in [2.45, 2.75) is 33.0 Å². The lowest BCUT2D eigenvalue weighted by Gasteiger charge is -2.27. The van der Waals surface area contributed by atoms with E-state index in [2.05, 4.69) is 15.3 Å². The van der Waals surface area contributed by atoms with E-state index in [4.69, 9.17) is 0 Å². The van der Waals surface area contributed by atoms with Crippen LogP contribution in [0.5, 0.6) is 0 Å². The summed E-state index contributed by atoms with van der Waals surface area (Å²) in [6, 6.07) is 15.9. The summed E-state index contributed by atoms with van der Waals surface area (Å²) < 4.78 is 0. The van der Waals surface area contributed by atoms with E-state index in [9.17, 15) is 4.79 Å². The Bertz CT molecular complexity index is 866. The van der Waals surface area contributed by atoms with Crippen molar-refractivity contribution in [3.05, 3.63) is 90.0 Å². The number of carbonyl (C=O) groups excluding carboxylic acids is 1. The minimum atomic E-state index is -0.0219. The van der Waals surface area contributed by atoms with Crippen LogP contribution in [0.2, 0.25) is 0 Å². The quantitative estimate of drug-likeness (QED) is 0.688. The number of anilines is 1. The Labute approximate surface area is 160 Å². The van der Waals surface area contributed by atoms with Crippen LogP contribution in [0, 0.1) is 0 Å². The summed E-state index contributed by atoms with van der Waals surface area (Å²) in [5, 5.41) is 3.30. The largest absolute Gasteiger partial charge is 0.380 e. The number of hydrogen-bond acceptors (Lipinski definition) is 4. The minimum Gasteiger partial charge on any atom is -0.380 e. The molecule has 3 rings (SSSR count). The maximum absolute atomic E-state index is 13.1. The minimum absolute atomic E-state index is 0.0219. The molecule has 5 nitrogen and oxygen atoms in total. The van der Waals surface area contributed by atoms with Crippen molar-refractivity contribution in [3.8, 4) is 0 Å². The Morgan fingerprint density at radius 3 is 2.48 bits per heavy atom. The first-order valence-electron chi connectivity index (χ1n) is 9.06. The first-order valence-corrected chi connectivity index (χ1v) is 9.06. The van der Waals surface area contributed by atoms with Crippen LogP contribution in [0.4, 0.5) is 5.69 Å². The number of aromatic nitrogens is 2. The Morgan fingerprint density at radius 1 is 1.00 bits per heavy atom. The van der Waals surface area contributed by atoms with Gasteiger partial charge in [0.25, 0.3) is 5.91 Å². The van der Waals surface area contributed by atoms with E-state index in [1.807, 2.05) is 73.5 Å². The molecule has 138 valence electrons. The van der Waals surface area contributed by atoms with Crippen LogP contribution in [0.15, 0.2) is 73.3 Å². The molecule has 0 unspecified atom stereocenters. The molecule has 0 aliphatic carbocycles. The fourth-order valence-corrected chi connectivity index (χ4v) is 2.80. The molecule has 5 heteroatoms. The molecule has 0 saturated heterocycles. The van der Waals surface area contributed by atoms with Crippen molar-refractivity contribution in [1.29, 1.82) is 0 Å². The zero-order valence-electron chi connectivity index (χ0n) is 15.7. The topological polar surface area (TPSA) is 58.1 Å². The molecule has 0 fully saturated rings. The molecule has 3 aromatic rings. The monoisotopic (exact) mass is 360 g/mol. The third-order valence-corrected chi connectivity index (χ3v) is 4.28. The maximum atomic E-state index is 13.1. The Hall–Kier alpha value is -3.21. The molecule has 2 heterocycles.